The van der Waals surface area contributed by atoms with Crippen molar-refractivity contribution in [3.05, 3.63) is 53.7 Å². The molecule has 1 aromatic heterocycles. The van der Waals surface area contributed by atoms with E-state index in [9.17, 15) is 4.79 Å². The van der Waals surface area contributed by atoms with Crippen molar-refractivity contribution in [3.63, 3.8) is 0 Å². The average Bonchev–Trinajstić information content (AvgIpc) is 2.97. The smallest absolute Gasteiger partial charge is 0.228 e. The number of nitrogens with one attached hydrogen (secondary N) is 2. The van der Waals surface area contributed by atoms with Gasteiger partial charge >= 0.3 is 0 Å². The molecule has 1 amide bonds. The number of hydrogen-bond acceptors (Lipinski definition) is 3. The van der Waals surface area contributed by atoms with E-state index in [-0.39, 0.29) is 12.3 Å². The standard InChI is InChI=1S/C19H20N2O3/c1-12-4-7-18(24-3)17(8-12)21-19(22)9-13-11-20-16-6-5-14(23-2)10-15(13)16/h4-8,10-11,20H,9H2,1-3H3,(H,21,22). The number of carbonyl (C=O) groups excluding carboxylic acids is 1. The van der Waals surface area contributed by atoms with Crippen LogP contribution in [0, 0.1) is 6.92 Å². The molecule has 0 saturated carbocycles. The van der Waals surface area contributed by atoms with E-state index >= 15 is 0 Å². The molecule has 0 aliphatic heterocycles. The average molecular weight is 324 g/mol. The fourth-order valence-electron chi connectivity index (χ4n) is 2.72. The number of ether oxygens (including phenoxy) is 2. The molecule has 3 rings (SSSR count). The van der Waals surface area contributed by atoms with Crippen molar-refractivity contribution in [2.75, 3.05) is 19.5 Å². The monoisotopic (exact) mass is 324 g/mol. The van der Waals surface area contributed by atoms with Crippen molar-refractivity contribution < 1.29 is 14.3 Å². The Balaban J connectivity index is 1.81. The second-order valence-corrected chi connectivity index (χ2v) is 5.65. The Morgan fingerprint density at radius 3 is 2.71 bits per heavy atom. The van der Waals surface area contributed by atoms with Crippen LogP contribution in [0.15, 0.2) is 42.6 Å². The number of rotatable bonds is 5. The lowest BCUT2D eigenvalue weighted by molar-refractivity contribution is -0.115. The predicted molar refractivity (Wildman–Crippen MR) is 94.9 cm³/mol. The number of benzene rings is 2. The molecule has 3 aromatic rings. The molecule has 0 bridgehead atoms. The number of aromatic amines is 1. The molecule has 5 nitrogen and oxygen atoms in total. The van der Waals surface area contributed by atoms with Gasteiger partial charge in [0, 0.05) is 17.1 Å². The van der Waals surface area contributed by atoms with Crippen LogP contribution in [0.3, 0.4) is 0 Å². The summed E-state index contributed by atoms with van der Waals surface area (Å²) in [6.07, 6.45) is 2.13. The van der Waals surface area contributed by atoms with Crippen LogP contribution in [0.1, 0.15) is 11.1 Å². The Labute approximate surface area is 140 Å². The fourth-order valence-corrected chi connectivity index (χ4v) is 2.72. The zero-order valence-electron chi connectivity index (χ0n) is 14.0. The van der Waals surface area contributed by atoms with Crippen molar-refractivity contribution >= 4 is 22.5 Å². The van der Waals surface area contributed by atoms with Gasteiger partial charge in [-0.2, -0.15) is 0 Å². The van der Waals surface area contributed by atoms with Gasteiger partial charge in [-0.3, -0.25) is 4.79 Å². The summed E-state index contributed by atoms with van der Waals surface area (Å²) < 4.78 is 10.6. The first-order valence-electron chi connectivity index (χ1n) is 7.69. The van der Waals surface area contributed by atoms with Crippen LogP contribution < -0.4 is 14.8 Å². The van der Waals surface area contributed by atoms with Gasteiger partial charge < -0.3 is 19.8 Å². The van der Waals surface area contributed by atoms with E-state index in [0.29, 0.717) is 11.4 Å². The van der Waals surface area contributed by atoms with Crippen LogP contribution in [-0.2, 0) is 11.2 Å². The molecule has 5 heteroatoms. The lowest BCUT2D eigenvalue weighted by atomic mass is 10.1. The first kappa shape index (κ1) is 15.9. The molecule has 0 aliphatic carbocycles. The Morgan fingerprint density at radius 1 is 1.12 bits per heavy atom. The number of hydrogen-bond donors (Lipinski definition) is 2. The van der Waals surface area contributed by atoms with Crippen LogP contribution in [-0.4, -0.2) is 25.1 Å². The van der Waals surface area contributed by atoms with Crippen LogP contribution >= 0.6 is 0 Å². The maximum absolute atomic E-state index is 12.4. The van der Waals surface area contributed by atoms with Crippen molar-refractivity contribution in [1.82, 2.24) is 4.98 Å². The van der Waals surface area contributed by atoms with E-state index in [4.69, 9.17) is 9.47 Å². The van der Waals surface area contributed by atoms with E-state index in [1.54, 1.807) is 14.2 Å². The molecule has 0 atom stereocenters. The summed E-state index contributed by atoms with van der Waals surface area (Å²) in [4.78, 5) is 15.6. The number of carbonyl (C=O) groups is 1. The molecule has 24 heavy (non-hydrogen) atoms. The predicted octanol–water partition coefficient (Wildman–Crippen LogP) is 3.67. The lowest BCUT2D eigenvalue weighted by Crippen LogP contribution is -2.15. The molecule has 2 N–H and O–H groups in total. The number of amides is 1. The van der Waals surface area contributed by atoms with Crippen molar-refractivity contribution in [2.24, 2.45) is 0 Å². The maximum Gasteiger partial charge on any atom is 0.228 e. The van der Waals surface area contributed by atoms with Crippen LogP contribution in [0.2, 0.25) is 0 Å². The minimum absolute atomic E-state index is 0.0948. The van der Waals surface area contributed by atoms with E-state index < -0.39 is 0 Å². The summed E-state index contributed by atoms with van der Waals surface area (Å²) in [5.41, 5.74) is 3.64. The molecular formula is C19H20N2O3. The van der Waals surface area contributed by atoms with Gasteiger partial charge in [-0.1, -0.05) is 6.07 Å². The molecule has 124 valence electrons. The second kappa shape index (κ2) is 6.66. The largest absolute Gasteiger partial charge is 0.497 e. The quantitative estimate of drug-likeness (QED) is 0.752. The topological polar surface area (TPSA) is 63.4 Å². The Hall–Kier alpha value is -2.95. The molecule has 0 unspecified atom stereocenters. The van der Waals surface area contributed by atoms with Crippen molar-refractivity contribution in [1.29, 1.82) is 0 Å². The number of fused-ring (bicyclic) bond motifs is 1. The van der Waals surface area contributed by atoms with Gasteiger partial charge in [-0.25, -0.2) is 0 Å². The van der Waals surface area contributed by atoms with E-state index in [1.165, 1.54) is 0 Å². The molecule has 0 saturated heterocycles. The molecule has 0 radical (unpaired) electrons. The summed E-state index contributed by atoms with van der Waals surface area (Å²) >= 11 is 0. The van der Waals surface area contributed by atoms with Gasteiger partial charge in [0.1, 0.15) is 11.5 Å². The summed E-state index contributed by atoms with van der Waals surface area (Å²) in [5.74, 6) is 1.32. The van der Waals surface area contributed by atoms with Gasteiger partial charge in [-0.05, 0) is 48.4 Å². The Morgan fingerprint density at radius 2 is 1.96 bits per heavy atom. The molecule has 1 heterocycles. The number of methoxy groups -OCH3 is 2. The summed E-state index contributed by atoms with van der Waals surface area (Å²) in [6.45, 7) is 1.97. The minimum Gasteiger partial charge on any atom is -0.497 e. The molecule has 0 fully saturated rings. The van der Waals surface area contributed by atoms with Crippen LogP contribution in [0.25, 0.3) is 10.9 Å². The molecule has 0 spiro atoms. The third kappa shape index (κ3) is 3.20. The molecule has 2 aromatic carbocycles. The maximum atomic E-state index is 12.4. The highest BCUT2D eigenvalue weighted by Crippen LogP contribution is 2.27. The first-order valence-corrected chi connectivity index (χ1v) is 7.69. The highest BCUT2D eigenvalue weighted by molar-refractivity contribution is 5.97. The van der Waals surface area contributed by atoms with Gasteiger partial charge in [0.15, 0.2) is 0 Å². The minimum atomic E-state index is -0.0948. The van der Waals surface area contributed by atoms with Crippen molar-refractivity contribution in [2.45, 2.75) is 13.3 Å². The van der Waals surface area contributed by atoms with Crippen LogP contribution in [0.5, 0.6) is 11.5 Å². The van der Waals surface area contributed by atoms with Gasteiger partial charge in [0.2, 0.25) is 5.91 Å². The van der Waals surface area contributed by atoms with E-state index in [0.717, 1.165) is 27.8 Å². The van der Waals surface area contributed by atoms with Gasteiger partial charge in [-0.15, -0.1) is 0 Å². The third-order valence-electron chi connectivity index (χ3n) is 3.95. The Kier molecular flexibility index (Phi) is 4.42. The zero-order chi connectivity index (χ0) is 17.1. The van der Waals surface area contributed by atoms with Gasteiger partial charge in [0.25, 0.3) is 0 Å². The molecular weight excluding hydrogens is 304 g/mol. The van der Waals surface area contributed by atoms with Crippen molar-refractivity contribution in [3.8, 4) is 11.5 Å². The second-order valence-electron chi connectivity index (χ2n) is 5.65. The first-order chi connectivity index (χ1) is 11.6. The van der Waals surface area contributed by atoms with E-state index in [2.05, 4.69) is 10.3 Å². The van der Waals surface area contributed by atoms with Gasteiger partial charge in [0.05, 0.1) is 26.3 Å². The fraction of sp³-hybridized carbons (Fsp3) is 0.211. The number of H-pyrrole nitrogens is 1. The summed E-state index contributed by atoms with van der Waals surface area (Å²) in [6, 6.07) is 11.5. The molecule has 0 aliphatic rings. The summed E-state index contributed by atoms with van der Waals surface area (Å²) in [5, 5.41) is 3.91. The lowest BCUT2D eigenvalue weighted by Gasteiger charge is -2.11. The number of anilines is 1. The number of aryl methyl sites for hydroxylation is 1. The highest BCUT2D eigenvalue weighted by Gasteiger charge is 2.12. The normalized spacial score (nSPS) is 10.6. The number of aromatic nitrogens is 1. The SMILES string of the molecule is COc1ccc2[nH]cc(CC(=O)Nc3cc(C)ccc3OC)c2c1. The highest BCUT2D eigenvalue weighted by atomic mass is 16.5. The van der Waals surface area contributed by atoms with E-state index in [1.807, 2.05) is 49.5 Å². The van der Waals surface area contributed by atoms with Crippen LogP contribution in [0.4, 0.5) is 5.69 Å². The summed E-state index contributed by atoms with van der Waals surface area (Å²) in [7, 11) is 3.22. The Bertz CT molecular complexity index is 883. The zero-order valence-corrected chi connectivity index (χ0v) is 14.0. The third-order valence-corrected chi connectivity index (χ3v) is 3.95.